The van der Waals surface area contributed by atoms with E-state index in [4.69, 9.17) is 0 Å². The van der Waals surface area contributed by atoms with Crippen LogP contribution in [0.15, 0.2) is 48.5 Å². The Bertz CT molecular complexity index is 569. The number of piperazine rings is 1. The zero-order chi connectivity index (χ0) is 13.9. The molecule has 1 fully saturated rings. The third kappa shape index (κ3) is 2.70. The molecule has 0 aliphatic carbocycles. The Balaban J connectivity index is 1.91. The second kappa shape index (κ2) is 5.68. The zero-order valence-electron chi connectivity index (χ0n) is 12.3. The van der Waals surface area contributed by atoms with Gasteiger partial charge in [0.15, 0.2) is 0 Å². The van der Waals surface area contributed by atoms with Crippen LogP contribution in [0.5, 0.6) is 0 Å². The molecule has 0 N–H and O–H groups in total. The molecule has 2 aromatic rings. The number of aryl methyl sites for hydroxylation is 1. The quantitative estimate of drug-likeness (QED) is 0.822. The lowest BCUT2D eigenvalue weighted by Gasteiger charge is -2.34. The molecule has 0 aromatic heterocycles. The number of rotatable bonds is 2. The predicted molar refractivity (Wildman–Crippen MR) is 86.3 cm³/mol. The van der Waals surface area contributed by atoms with Gasteiger partial charge in [-0.05, 0) is 42.8 Å². The monoisotopic (exact) mass is 266 g/mol. The van der Waals surface area contributed by atoms with Gasteiger partial charge in [-0.3, -0.25) is 0 Å². The maximum absolute atomic E-state index is 2.49. The Hall–Kier alpha value is -1.80. The van der Waals surface area contributed by atoms with Gasteiger partial charge in [0.05, 0.1) is 0 Å². The van der Waals surface area contributed by atoms with Crippen molar-refractivity contribution in [2.24, 2.45) is 0 Å². The van der Waals surface area contributed by atoms with E-state index in [0.717, 1.165) is 26.2 Å². The molecule has 1 heterocycles. The summed E-state index contributed by atoms with van der Waals surface area (Å²) in [5.41, 5.74) is 5.35. The number of likely N-dealkylation sites (N-methyl/N-ethyl adjacent to an activating group) is 1. The molecule has 1 aliphatic heterocycles. The number of anilines is 1. The van der Waals surface area contributed by atoms with Crippen molar-refractivity contribution < 1.29 is 0 Å². The second-order valence-electron chi connectivity index (χ2n) is 5.66. The molecule has 0 radical (unpaired) electrons. The molecular formula is C18H22N2. The second-order valence-corrected chi connectivity index (χ2v) is 5.66. The van der Waals surface area contributed by atoms with Crippen molar-refractivity contribution in [3.63, 3.8) is 0 Å². The van der Waals surface area contributed by atoms with Gasteiger partial charge in [0.1, 0.15) is 0 Å². The molecule has 2 heteroatoms. The summed E-state index contributed by atoms with van der Waals surface area (Å²) in [5, 5.41) is 0. The SMILES string of the molecule is Cc1ccc(N2CCN(C)CC2)cc1-c1ccccc1. The highest BCUT2D eigenvalue weighted by molar-refractivity contribution is 5.71. The van der Waals surface area contributed by atoms with Crippen LogP contribution in [0.25, 0.3) is 11.1 Å². The molecule has 0 saturated carbocycles. The van der Waals surface area contributed by atoms with Crippen molar-refractivity contribution in [1.82, 2.24) is 4.90 Å². The van der Waals surface area contributed by atoms with E-state index in [1.165, 1.54) is 22.4 Å². The van der Waals surface area contributed by atoms with Gasteiger partial charge < -0.3 is 9.80 Å². The van der Waals surface area contributed by atoms with Crippen LogP contribution in [0, 0.1) is 6.92 Å². The van der Waals surface area contributed by atoms with Gasteiger partial charge in [-0.1, -0.05) is 36.4 Å². The van der Waals surface area contributed by atoms with E-state index < -0.39 is 0 Å². The Morgan fingerprint density at radius 3 is 2.25 bits per heavy atom. The molecule has 0 unspecified atom stereocenters. The molecular weight excluding hydrogens is 244 g/mol. The van der Waals surface area contributed by atoms with Crippen LogP contribution >= 0.6 is 0 Å². The third-order valence-electron chi connectivity index (χ3n) is 4.17. The van der Waals surface area contributed by atoms with Crippen molar-refractivity contribution in [2.75, 3.05) is 38.1 Å². The minimum absolute atomic E-state index is 1.12. The fraction of sp³-hybridized carbons (Fsp3) is 0.333. The Morgan fingerprint density at radius 2 is 1.55 bits per heavy atom. The van der Waals surface area contributed by atoms with Crippen LogP contribution in [0.4, 0.5) is 5.69 Å². The average Bonchev–Trinajstić information content (AvgIpc) is 2.50. The van der Waals surface area contributed by atoms with Crippen LogP contribution in [0.3, 0.4) is 0 Å². The molecule has 104 valence electrons. The number of hydrogen-bond acceptors (Lipinski definition) is 2. The summed E-state index contributed by atoms with van der Waals surface area (Å²) in [7, 11) is 2.20. The molecule has 0 bridgehead atoms. The fourth-order valence-electron chi connectivity index (χ4n) is 2.80. The lowest BCUT2D eigenvalue weighted by atomic mass is 9.99. The van der Waals surface area contributed by atoms with E-state index in [9.17, 15) is 0 Å². The van der Waals surface area contributed by atoms with Gasteiger partial charge in [0, 0.05) is 31.9 Å². The Labute approximate surface area is 121 Å². The smallest absolute Gasteiger partial charge is 0.0373 e. The lowest BCUT2D eigenvalue weighted by molar-refractivity contribution is 0.313. The average molecular weight is 266 g/mol. The highest BCUT2D eigenvalue weighted by Crippen LogP contribution is 2.28. The van der Waals surface area contributed by atoms with E-state index >= 15 is 0 Å². The van der Waals surface area contributed by atoms with E-state index in [0.29, 0.717) is 0 Å². The first kappa shape index (κ1) is 13.2. The summed E-state index contributed by atoms with van der Waals surface area (Å²) in [6.45, 7) is 6.72. The highest BCUT2D eigenvalue weighted by atomic mass is 15.2. The summed E-state index contributed by atoms with van der Waals surface area (Å²) in [6.07, 6.45) is 0. The molecule has 1 saturated heterocycles. The fourth-order valence-corrected chi connectivity index (χ4v) is 2.80. The van der Waals surface area contributed by atoms with Gasteiger partial charge in [0.2, 0.25) is 0 Å². The lowest BCUT2D eigenvalue weighted by Crippen LogP contribution is -2.44. The number of benzene rings is 2. The van der Waals surface area contributed by atoms with Crippen molar-refractivity contribution in [3.05, 3.63) is 54.1 Å². The van der Waals surface area contributed by atoms with Gasteiger partial charge in [-0.25, -0.2) is 0 Å². The first-order chi connectivity index (χ1) is 9.74. The van der Waals surface area contributed by atoms with Gasteiger partial charge in [0.25, 0.3) is 0 Å². The van der Waals surface area contributed by atoms with Crippen molar-refractivity contribution in [1.29, 1.82) is 0 Å². The zero-order valence-corrected chi connectivity index (χ0v) is 12.3. The number of nitrogens with zero attached hydrogens (tertiary/aromatic N) is 2. The molecule has 0 amide bonds. The molecule has 2 aromatic carbocycles. The van der Waals surface area contributed by atoms with E-state index in [2.05, 4.69) is 72.3 Å². The minimum Gasteiger partial charge on any atom is -0.369 e. The largest absolute Gasteiger partial charge is 0.369 e. The standard InChI is InChI=1S/C18H22N2/c1-15-8-9-17(20-12-10-19(2)11-13-20)14-18(15)16-6-4-3-5-7-16/h3-9,14H,10-13H2,1-2H3. The van der Waals surface area contributed by atoms with Gasteiger partial charge in [-0.15, -0.1) is 0 Å². The molecule has 1 aliphatic rings. The first-order valence-corrected chi connectivity index (χ1v) is 7.33. The van der Waals surface area contributed by atoms with E-state index in [1.807, 2.05) is 0 Å². The summed E-state index contributed by atoms with van der Waals surface area (Å²) in [6, 6.07) is 17.5. The summed E-state index contributed by atoms with van der Waals surface area (Å²) >= 11 is 0. The third-order valence-corrected chi connectivity index (χ3v) is 4.17. The Morgan fingerprint density at radius 1 is 0.850 bits per heavy atom. The van der Waals surface area contributed by atoms with Crippen molar-refractivity contribution in [2.45, 2.75) is 6.92 Å². The van der Waals surface area contributed by atoms with Crippen molar-refractivity contribution in [3.8, 4) is 11.1 Å². The highest BCUT2D eigenvalue weighted by Gasteiger charge is 2.15. The Kier molecular flexibility index (Phi) is 3.75. The topological polar surface area (TPSA) is 6.48 Å². The van der Waals surface area contributed by atoms with Gasteiger partial charge >= 0.3 is 0 Å². The predicted octanol–water partition coefficient (Wildman–Crippen LogP) is 3.41. The molecule has 2 nitrogen and oxygen atoms in total. The maximum atomic E-state index is 2.49. The van der Waals surface area contributed by atoms with Crippen LogP contribution in [-0.2, 0) is 0 Å². The summed E-state index contributed by atoms with van der Waals surface area (Å²) < 4.78 is 0. The minimum atomic E-state index is 1.12. The molecule has 20 heavy (non-hydrogen) atoms. The van der Waals surface area contributed by atoms with Crippen LogP contribution in [0.2, 0.25) is 0 Å². The van der Waals surface area contributed by atoms with Crippen LogP contribution < -0.4 is 4.90 Å². The van der Waals surface area contributed by atoms with Gasteiger partial charge in [-0.2, -0.15) is 0 Å². The summed E-state index contributed by atoms with van der Waals surface area (Å²) in [4.78, 5) is 4.88. The van der Waals surface area contributed by atoms with E-state index in [-0.39, 0.29) is 0 Å². The maximum Gasteiger partial charge on any atom is 0.0373 e. The summed E-state index contributed by atoms with van der Waals surface area (Å²) in [5.74, 6) is 0. The molecule has 0 atom stereocenters. The van der Waals surface area contributed by atoms with Crippen LogP contribution in [-0.4, -0.2) is 38.1 Å². The first-order valence-electron chi connectivity index (χ1n) is 7.33. The molecule has 3 rings (SSSR count). The number of hydrogen-bond donors (Lipinski definition) is 0. The molecule has 0 spiro atoms. The normalized spacial score (nSPS) is 16.4. The van der Waals surface area contributed by atoms with Crippen molar-refractivity contribution >= 4 is 5.69 Å². The van der Waals surface area contributed by atoms with E-state index in [1.54, 1.807) is 0 Å². The van der Waals surface area contributed by atoms with Crippen LogP contribution in [0.1, 0.15) is 5.56 Å².